The van der Waals surface area contributed by atoms with Gasteiger partial charge in [-0.1, -0.05) is 50.5 Å². The molecule has 0 saturated heterocycles. The molecule has 0 amide bonds. The highest BCUT2D eigenvalue weighted by molar-refractivity contribution is 6.17. The summed E-state index contributed by atoms with van der Waals surface area (Å²) >= 11 is 0. The fourth-order valence-corrected chi connectivity index (χ4v) is 4.34. The average molecular weight is 442 g/mol. The molecule has 0 aromatic heterocycles. The van der Waals surface area contributed by atoms with Gasteiger partial charge in [0.25, 0.3) is 0 Å². The van der Waals surface area contributed by atoms with Crippen LogP contribution < -0.4 is 15.2 Å². The summed E-state index contributed by atoms with van der Waals surface area (Å²) in [5.41, 5.74) is 11.2. The predicted octanol–water partition coefficient (Wildman–Crippen LogP) is 6.65. The second-order valence-electron chi connectivity index (χ2n) is 8.46. The van der Waals surface area contributed by atoms with Gasteiger partial charge in [0.1, 0.15) is 11.5 Å². The molecule has 0 radical (unpaired) electrons. The Balaban J connectivity index is 1.63. The molecule has 0 spiro atoms. The largest absolute Gasteiger partial charge is 0.497 e. The maximum absolute atomic E-state index is 13.4. The van der Waals surface area contributed by atoms with Crippen LogP contribution in [0.25, 0.3) is 6.08 Å². The summed E-state index contributed by atoms with van der Waals surface area (Å²) in [6.07, 6.45) is 6.68. The van der Waals surface area contributed by atoms with Crippen molar-refractivity contribution in [1.29, 1.82) is 0 Å². The lowest BCUT2D eigenvalue weighted by atomic mass is 9.88. The molecule has 1 unspecified atom stereocenters. The van der Waals surface area contributed by atoms with Crippen LogP contribution in [0.4, 0.5) is 5.69 Å². The van der Waals surface area contributed by atoms with Crippen molar-refractivity contribution < 1.29 is 14.3 Å². The van der Waals surface area contributed by atoms with Crippen molar-refractivity contribution in [3.63, 3.8) is 0 Å². The first-order chi connectivity index (χ1) is 16.1. The van der Waals surface area contributed by atoms with E-state index in [-0.39, 0.29) is 11.7 Å². The van der Waals surface area contributed by atoms with Gasteiger partial charge in [-0.25, -0.2) is 0 Å². The SMILES string of the molecule is CCCCCCOc1ccc(C2C(=Cc3ccc(OC)cc3)C(=O)c3ccc(N)cc32)cc1. The summed E-state index contributed by atoms with van der Waals surface area (Å²) in [7, 11) is 1.64. The molecule has 0 saturated carbocycles. The Kier molecular flexibility index (Phi) is 7.13. The number of hydrogen-bond donors (Lipinski definition) is 1. The van der Waals surface area contributed by atoms with Gasteiger partial charge in [-0.15, -0.1) is 0 Å². The van der Waals surface area contributed by atoms with Gasteiger partial charge < -0.3 is 15.2 Å². The summed E-state index contributed by atoms with van der Waals surface area (Å²) in [6.45, 7) is 2.93. The van der Waals surface area contributed by atoms with Crippen molar-refractivity contribution in [2.24, 2.45) is 0 Å². The van der Waals surface area contributed by atoms with Gasteiger partial charge in [0.15, 0.2) is 5.78 Å². The van der Waals surface area contributed by atoms with E-state index in [0.717, 1.165) is 46.8 Å². The number of ether oxygens (including phenoxy) is 2. The highest BCUT2D eigenvalue weighted by Crippen LogP contribution is 2.44. The third kappa shape index (κ3) is 5.11. The van der Waals surface area contributed by atoms with E-state index < -0.39 is 0 Å². The topological polar surface area (TPSA) is 61.5 Å². The summed E-state index contributed by atoms with van der Waals surface area (Å²) in [4.78, 5) is 13.4. The van der Waals surface area contributed by atoms with Crippen molar-refractivity contribution >= 4 is 17.5 Å². The van der Waals surface area contributed by atoms with Gasteiger partial charge in [0.2, 0.25) is 0 Å². The molecule has 3 aromatic carbocycles. The zero-order chi connectivity index (χ0) is 23.2. The summed E-state index contributed by atoms with van der Waals surface area (Å²) in [5, 5.41) is 0. The van der Waals surface area contributed by atoms with Crippen LogP contribution in [-0.2, 0) is 0 Å². The number of benzene rings is 3. The summed E-state index contributed by atoms with van der Waals surface area (Å²) in [6, 6.07) is 21.4. The number of methoxy groups -OCH3 is 1. The quantitative estimate of drug-likeness (QED) is 0.229. The molecular weight excluding hydrogens is 410 g/mol. The van der Waals surface area contributed by atoms with Gasteiger partial charge in [-0.3, -0.25) is 4.79 Å². The molecule has 3 aromatic rings. The molecule has 33 heavy (non-hydrogen) atoms. The lowest BCUT2D eigenvalue weighted by Gasteiger charge is -2.15. The first-order valence-electron chi connectivity index (χ1n) is 11.6. The molecule has 4 nitrogen and oxygen atoms in total. The number of nitrogens with two attached hydrogens (primary N) is 1. The van der Waals surface area contributed by atoms with Crippen LogP contribution in [0.15, 0.2) is 72.3 Å². The van der Waals surface area contributed by atoms with Crippen molar-refractivity contribution in [3.8, 4) is 11.5 Å². The van der Waals surface area contributed by atoms with E-state index in [1.54, 1.807) is 13.2 Å². The van der Waals surface area contributed by atoms with Gasteiger partial charge in [-0.05, 0) is 71.7 Å². The molecule has 0 aliphatic heterocycles. The number of carbonyl (C=O) groups is 1. The van der Waals surface area contributed by atoms with Crippen LogP contribution >= 0.6 is 0 Å². The Morgan fingerprint density at radius 1 is 0.909 bits per heavy atom. The molecule has 4 heteroatoms. The molecule has 0 fully saturated rings. The van der Waals surface area contributed by atoms with Gasteiger partial charge in [0.05, 0.1) is 13.7 Å². The van der Waals surface area contributed by atoms with Crippen LogP contribution in [0.2, 0.25) is 0 Å². The number of hydrogen-bond acceptors (Lipinski definition) is 4. The van der Waals surface area contributed by atoms with Crippen LogP contribution in [0.5, 0.6) is 11.5 Å². The first-order valence-corrected chi connectivity index (χ1v) is 11.6. The second kappa shape index (κ2) is 10.4. The number of allylic oxidation sites excluding steroid dienone is 1. The first kappa shape index (κ1) is 22.7. The lowest BCUT2D eigenvalue weighted by Crippen LogP contribution is -2.03. The minimum atomic E-state index is -0.170. The number of anilines is 1. The normalized spacial score (nSPS) is 16.1. The maximum Gasteiger partial charge on any atom is 0.190 e. The Morgan fingerprint density at radius 2 is 1.64 bits per heavy atom. The molecule has 170 valence electrons. The standard InChI is InChI=1S/C29H31NO3/c1-3-4-5-6-17-33-24-14-9-21(10-15-24)28-26-19-22(30)11-16-25(26)29(31)27(28)18-20-7-12-23(32-2)13-8-20/h7-16,18-19,28H,3-6,17,30H2,1-2H3. The third-order valence-corrected chi connectivity index (χ3v) is 6.12. The molecule has 1 atom stereocenters. The smallest absolute Gasteiger partial charge is 0.190 e. The Morgan fingerprint density at radius 3 is 2.33 bits per heavy atom. The number of nitrogen functional groups attached to an aromatic ring is 1. The van der Waals surface area contributed by atoms with E-state index >= 15 is 0 Å². The molecule has 1 aliphatic carbocycles. The third-order valence-electron chi connectivity index (χ3n) is 6.12. The van der Waals surface area contributed by atoms with Gasteiger partial charge in [-0.2, -0.15) is 0 Å². The molecule has 0 heterocycles. The van der Waals surface area contributed by atoms with Crippen LogP contribution in [0.1, 0.15) is 65.6 Å². The van der Waals surface area contributed by atoms with E-state index in [9.17, 15) is 4.79 Å². The molecular formula is C29H31NO3. The van der Waals surface area contributed by atoms with Crippen molar-refractivity contribution in [2.75, 3.05) is 19.5 Å². The second-order valence-corrected chi connectivity index (χ2v) is 8.46. The predicted molar refractivity (Wildman–Crippen MR) is 134 cm³/mol. The zero-order valence-electron chi connectivity index (χ0n) is 19.3. The van der Waals surface area contributed by atoms with E-state index in [2.05, 4.69) is 19.1 Å². The minimum absolute atomic E-state index is 0.0436. The van der Waals surface area contributed by atoms with E-state index in [4.69, 9.17) is 15.2 Å². The lowest BCUT2D eigenvalue weighted by molar-refractivity contribution is 0.103. The monoisotopic (exact) mass is 441 g/mol. The van der Waals surface area contributed by atoms with Gasteiger partial charge in [0, 0.05) is 22.7 Å². The van der Waals surface area contributed by atoms with Crippen molar-refractivity contribution in [3.05, 3.63) is 94.6 Å². The van der Waals surface area contributed by atoms with Gasteiger partial charge >= 0.3 is 0 Å². The number of fused-ring (bicyclic) bond motifs is 1. The number of ketones is 1. The Labute approximate surface area is 196 Å². The highest BCUT2D eigenvalue weighted by atomic mass is 16.5. The maximum atomic E-state index is 13.4. The number of carbonyl (C=O) groups excluding carboxylic acids is 1. The number of unbranched alkanes of at least 4 members (excludes halogenated alkanes) is 3. The Hall–Kier alpha value is -3.53. The number of rotatable bonds is 9. The van der Waals surface area contributed by atoms with Crippen molar-refractivity contribution in [2.45, 2.75) is 38.5 Å². The fourth-order valence-electron chi connectivity index (χ4n) is 4.34. The van der Waals surface area contributed by atoms with Crippen LogP contribution in [-0.4, -0.2) is 19.5 Å². The highest BCUT2D eigenvalue weighted by Gasteiger charge is 2.35. The summed E-state index contributed by atoms with van der Waals surface area (Å²) in [5.74, 6) is 1.51. The average Bonchev–Trinajstić information content (AvgIpc) is 3.10. The number of Topliss-reactive ketones (excluding diaryl/α,β-unsaturated/α-hetero) is 1. The minimum Gasteiger partial charge on any atom is -0.497 e. The molecule has 0 bridgehead atoms. The molecule has 4 rings (SSSR count). The summed E-state index contributed by atoms with van der Waals surface area (Å²) < 4.78 is 11.2. The Bertz CT molecular complexity index is 1130. The fraction of sp³-hybridized carbons (Fsp3) is 0.276. The zero-order valence-corrected chi connectivity index (χ0v) is 19.3. The van der Waals surface area contributed by atoms with E-state index in [0.29, 0.717) is 11.3 Å². The van der Waals surface area contributed by atoms with Crippen molar-refractivity contribution in [1.82, 2.24) is 0 Å². The van der Waals surface area contributed by atoms with E-state index in [1.807, 2.05) is 54.6 Å². The molecule has 2 N–H and O–H groups in total. The van der Waals surface area contributed by atoms with E-state index in [1.165, 1.54) is 19.3 Å². The van der Waals surface area contributed by atoms with Crippen LogP contribution in [0, 0.1) is 0 Å². The van der Waals surface area contributed by atoms with Crippen LogP contribution in [0.3, 0.4) is 0 Å². The molecule has 1 aliphatic rings.